The van der Waals surface area contributed by atoms with Gasteiger partial charge in [-0.2, -0.15) is 0 Å². The number of halogens is 4. The van der Waals surface area contributed by atoms with E-state index in [1.165, 1.54) is 12.3 Å². The second kappa shape index (κ2) is 12.7. The molecule has 3 heterocycles. The van der Waals surface area contributed by atoms with Crippen molar-refractivity contribution in [1.82, 2.24) is 25.1 Å². The molecule has 2 N–H and O–H groups in total. The summed E-state index contributed by atoms with van der Waals surface area (Å²) in [6.45, 7) is 6.65. The molecule has 2 saturated heterocycles. The Morgan fingerprint density at radius 3 is 2.38 bits per heavy atom. The summed E-state index contributed by atoms with van der Waals surface area (Å²) in [7, 11) is 0. The molecule has 0 radical (unpaired) electrons. The average molecular weight is 574 g/mol. The molecule has 0 atom stereocenters. The van der Waals surface area contributed by atoms with E-state index in [2.05, 4.69) is 30.4 Å². The van der Waals surface area contributed by atoms with Crippen molar-refractivity contribution in [1.29, 1.82) is 0 Å². The molecule has 5 rings (SSSR count). The molecule has 0 spiro atoms. The monoisotopic (exact) mass is 573 g/mol. The molecule has 0 unspecified atom stereocenters. The van der Waals surface area contributed by atoms with Crippen LogP contribution in [-0.4, -0.2) is 78.2 Å². The zero-order valence-electron chi connectivity index (χ0n) is 22.0. The second-order valence-corrected chi connectivity index (χ2v) is 10.3. The number of amides is 2. The fraction of sp³-hybridized carbons (Fsp3) is 0.393. The number of piperazine rings is 1. The van der Waals surface area contributed by atoms with Crippen LogP contribution in [0.2, 0.25) is 5.02 Å². The number of anilines is 2. The molecular weight excluding hydrogens is 543 g/mol. The smallest absolute Gasteiger partial charge is 0.317 e. The van der Waals surface area contributed by atoms with Crippen molar-refractivity contribution in [2.24, 2.45) is 0 Å². The van der Waals surface area contributed by atoms with E-state index in [0.29, 0.717) is 12.4 Å². The number of rotatable bonds is 8. The molecule has 2 aliphatic rings. The standard InChI is InChI=1S/C28H31ClF3N7O/c29-22-18-35-26(36-27(22)34-17-20-5-8-23(30)25(32)24(20)31)19-3-6-21(7-4-19)38-15-13-37(14-16-38)12-9-33-28(40)39-10-1-2-11-39/h3-8,18H,1-2,9-17H2,(H,33,40)(H,34,35,36). The van der Waals surface area contributed by atoms with Gasteiger partial charge in [0, 0.05) is 75.7 Å². The van der Waals surface area contributed by atoms with Crippen LogP contribution >= 0.6 is 11.6 Å². The van der Waals surface area contributed by atoms with Gasteiger partial charge in [-0.1, -0.05) is 17.7 Å². The summed E-state index contributed by atoms with van der Waals surface area (Å²) in [5, 5.41) is 6.13. The third kappa shape index (κ3) is 6.59. The van der Waals surface area contributed by atoms with Gasteiger partial charge in [0.15, 0.2) is 23.3 Å². The van der Waals surface area contributed by atoms with E-state index in [1.54, 1.807) is 0 Å². The summed E-state index contributed by atoms with van der Waals surface area (Å²) in [4.78, 5) is 27.5. The summed E-state index contributed by atoms with van der Waals surface area (Å²) in [6.07, 6.45) is 3.62. The van der Waals surface area contributed by atoms with E-state index >= 15 is 0 Å². The summed E-state index contributed by atoms with van der Waals surface area (Å²) < 4.78 is 40.8. The summed E-state index contributed by atoms with van der Waals surface area (Å²) in [5.41, 5.74) is 1.81. The molecule has 12 heteroatoms. The second-order valence-electron chi connectivity index (χ2n) is 9.88. The number of nitrogens with zero attached hydrogens (tertiary/aromatic N) is 5. The SMILES string of the molecule is O=C(NCCN1CCN(c2ccc(-c3ncc(Cl)c(NCc4ccc(F)c(F)c4F)n3)cc2)CC1)N1CCCC1. The van der Waals surface area contributed by atoms with Crippen molar-refractivity contribution < 1.29 is 18.0 Å². The molecule has 2 fully saturated rings. The zero-order valence-corrected chi connectivity index (χ0v) is 22.7. The first-order valence-electron chi connectivity index (χ1n) is 13.4. The van der Waals surface area contributed by atoms with Crippen LogP contribution in [0.5, 0.6) is 0 Å². The van der Waals surface area contributed by atoms with Gasteiger partial charge in [0.1, 0.15) is 10.8 Å². The third-order valence-corrected chi connectivity index (χ3v) is 7.54. The molecule has 40 heavy (non-hydrogen) atoms. The summed E-state index contributed by atoms with van der Waals surface area (Å²) >= 11 is 6.21. The topological polar surface area (TPSA) is 76.6 Å². The maximum absolute atomic E-state index is 14.0. The Balaban J connectivity index is 1.13. The van der Waals surface area contributed by atoms with Crippen LogP contribution in [0.25, 0.3) is 11.4 Å². The summed E-state index contributed by atoms with van der Waals surface area (Å²) in [6, 6.07) is 9.98. The molecular formula is C28H31ClF3N7O. The zero-order chi connectivity index (χ0) is 28.1. The van der Waals surface area contributed by atoms with Crippen LogP contribution in [-0.2, 0) is 6.54 Å². The quantitative estimate of drug-likeness (QED) is 0.379. The Labute approximate surface area is 236 Å². The third-order valence-electron chi connectivity index (χ3n) is 7.27. The number of hydrogen-bond acceptors (Lipinski definition) is 6. The number of likely N-dealkylation sites (tertiary alicyclic amines) is 1. The van der Waals surface area contributed by atoms with Crippen molar-refractivity contribution >= 4 is 29.1 Å². The van der Waals surface area contributed by atoms with Crippen molar-refractivity contribution in [2.45, 2.75) is 19.4 Å². The van der Waals surface area contributed by atoms with Gasteiger partial charge in [0.25, 0.3) is 0 Å². The van der Waals surface area contributed by atoms with Gasteiger partial charge in [0.2, 0.25) is 0 Å². The van der Waals surface area contributed by atoms with Gasteiger partial charge in [-0.25, -0.2) is 27.9 Å². The minimum Gasteiger partial charge on any atom is -0.369 e. The van der Waals surface area contributed by atoms with Gasteiger partial charge >= 0.3 is 6.03 Å². The maximum Gasteiger partial charge on any atom is 0.317 e. The molecule has 0 bridgehead atoms. The minimum absolute atomic E-state index is 0.0426. The van der Waals surface area contributed by atoms with Crippen LogP contribution in [0.4, 0.5) is 29.5 Å². The van der Waals surface area contributed by atoms with Crippen LogP contribution in [0.15, 0.2) is 42.6 Å². The predicted octanol–water partition coefficient (Wildman–Crippen LogP) is 4.75. The van der Waals surface area contributed by atoms with Crippen molar-refractivity contribution in [3.05, 3.63) is 70.6 Å². The Hall–Kier alpha value is -3.57. The normalized spacial score (nSPS) is 15.9. The van der Waals surface area contributed by atoms with Gasteiger partial charge in [-0.05, 0) is 43.2 Å². The van der Waals surface area contributed by atoms with Gasteiger partial charge in [-0.3, -0.25) is 4.90 Å². The van der Waals surface area contributed by atoms with Crippen LogP contribution in [0.3, 0.4) is 0 Å². The average Bonchev–Trinajstić information content (AvgIpc) is 3.52. The van der Waals surface area contributed by atoms with E-state index in [1.807, 2.05) is 29.2 Å². The summed E-state index contributed by atoms with van der Waals surface area (Å²) in [5.74, 6) is -3.33. The molecule has 2 aromatic carbocycles. The Morgan fingerprint density at radius 2 is 1.65 bits per heavy atom. The highest BCUT2D eigenvalue weighted by Gasteiger charge is 2.20. The molecule has 3 aromatic rings. The van der Waals surface area contributed by atoms with E-state index in [-0.39, 0.29) is 29.0 Å². The lowest BCUT2D eigenvalue weighted by Gasteiger charge is -2.36. The largest absolute Gasteiger partial charge is 0.369 e. The number of nitrogens with one attached hydrogen (secondary N) is 2. The van der Waals surface area contributed by atoms with E-state index in [4.69, 9.17) is 11.6 Å². The van der Waals surface area contributed by atoms with Gasteiger partial charge < -0.3 is 20.4 Å². The molecule has 2 aliphatic heterocycles. The number of aromatic nitrogens is 2. The van der Waals surface area contributed by atoms with E-state index in [9.17, 15) is 18.0 Å². The first-order valence-corrected chi connectivity index (χ1v) is 13.8. The lowest BCUT2D eigenvalue weighted by Crippen LogP contribution is -2.49. The lowest BCUT2D eigenvalue weighted by molar-refractivity contribution is 0.204. The highest BCUT2D eigenvalue weighted by molar-refractivity contribution is 6.32. The Morgan fingerprint density at radius 1 is 0.925 bits per heavy atom. The first kappa shape index (κ1) is 28.0. The van der Waals surface area contributed by atoms with Crippen molar-refractivity contribution in [3.63, 3.8) is 0 Å². The fourth-order valence-corrected chi connectivity index (χ4v) is 5.07. The minimum atomic E-state index is -1.52. The Kier molecular flexibility index (Phi) is 8.91. The van der Waals surface area contributed by atoms with Gasteiger partial charge in [-0.15, -0.1) is 0 Å². The highest BCUT2D eigenvalue weighted by atomic mass is 35.5. The van der Waals surface area contributed by atoms with Crippen molar-refractivity contribution in [3.8, 4) is 11.4 Å². The van der Waals surface area contributed by atoms with Crippen molar-refractivity contribution in [2.75, 3.05) is 62.6 Å². The highest BCUT2D eigenvalue weighted by Crippen LogP contribution is 2.26. The van der Waals surface area contributed by atoms with E-state index < -0.39 is 17.5 Å². The number of benzene rings is 2. The number of hydrogen-bond donors (Lipinski definition) is 2. The molecule has 1 aromatic heterocycles. The molecule has 212 valence electrons. The molecule has 8 nitrogen and oxygen atoms in total. The molecule has 0 saturated carbocycles. The number of carbonyl (C=O) groups excluding carboxylic acids is 1. The van der Waals surface area contributed by atoms with Crippen LogP contribution in [0.1, 0.15) is 18.4 Å². The van der Waals surface area contributed by atoms with E-state index in [0.717, 1.165) is 76.0 Å². The first-order chi connectivity index (χ1) is 19.4. The lowest BCUT2D eigenvalue weighted by atomic mass is 10.1. The number of carbonyl (C=O) groups is 1. The molecule has 2 amide bonds. The molecule has 0 aliphatic carbocycles. The Bertz CT molecular complexity index is 1330. The maximum atomic E-state index is 14.0. The number of urea groups is 1. The predicted molar refractivity (Wildman–Crippen MR) is 149 cm³/mol. The van der Waals surface area contributed by atoms with Crippen LogP contribution < -0.4 is 15.5 Å². The van der Waals surface area contributed by atoms with Crippen LogP contribution in [0, 0.1) is 17.5 Å². The van der Waals surface area contributed by atoms with Gasteiger partial charge in [0.05, 0.1) is 6.20 Å². The fourth-order valence-electron chi connectivity index (χ4n) is 4.92.